The molecule has 0 aliphatic heterocycles. The molecule has 0 aliphatic carbocycles. The van der Waals surface area contributed by atoms with Crippen molar-refractivity contribution in [2.45, 2.75) is 0 Å². The molecular formula is C22H21N3O4. The number of carbonyl (C=O) groups is 1. The van der Waals surface area contributed by atoms with Gasteiger partial charge in [0.05, 0.1) is 26.5 Å². The molecule has 2 amide bonds. The van der Waals surface area contributed by atoms with Gasteiger partial charge >= 0.3 is 6.03 Å². The second-order valence-corrected chi connectivity index (χ2v) is 5.85. The molecule has 1 heterocycles. The quantitative estimate of drug-likeness (QED) is 0.629. The van der Waals surface area contributed by atoms with Crippen molar-refractivity contribution in [3.05, 3.63) is 54.7 Å². The summed E-state index contributed by atoms with van der Waals surface area (Å²) in [6.45, 7) is 0.382. The fraction of sp³-hybridized carbons (Fsp3) is 0.182. The van der Waals surface area contributed by atoms with Crippen LogP contribution in [-0.4, -0.2) is 38.4 Å². The number of aromatic nitrogens is 1. The van der Waals surface area contributed by atoms with E-state index in [1.807, 2.05) is 30.3 Å². The summed E-state index contributed by atoms with van der Waals surface area (Å²) in [7, 11) is 3.09. The molecule has 3 rings (SSSR count). The van der Waals surface area contributed by atoms with Crippen molar-refractivity contribution in [2.24, 2.45) is 0 Å². The Hall–Kier alpha value is -3.92. The summed E-state index contributed by atoms with van der Waals surface area (Å²) in [5, 5.41) is 6.38. The number of rotatable bonds is 6. The predicted molar refractivity (Wildman–Crippen MR) is 112 cm³/mol. The summed E-state index contributed by atoms with van der Waals surface area (Å²) < 4.78 is 16.1. The number of hydrogen-bond donors (Lipinski definition) is 2. The smallest absolute Gasteiger partial charge is 0.320 e. The van der Waals surface area contributed by atoms with Gasteiger partial charge in [0.25, 0.3) is 0 Å². The number of nitrogens with zero attached hydrogens (tertiary/aromatic N) is 1. The first kappa shape index (κ1) is 19.8. The van der Waals surface area contributed by atoms with Crippen molar-refractivity contribution in [1.29, 1.82) is 0 Å². The van der Waals surface area contributed by atoms with Gasteiger partial charge in [-0.25, -0.2) is 4.79 Å². The lowest BCUT2D eigenvalue weighted by atomic mass is 10.2. The third kappa shape index (κ3) is 5.30. The summed E-state index contributed by atoms with van der Waals surface area (Å²) in [6.07, 6.45) is 1.72. The molecule has 29 heavy (non-hydrogen) atoms. The van der Waals surface area contributed by atoms with E-state index >= 15 is 0 Å². The van der Waals surface area contributed by atoms with Crippen LogP contribution in [0.3, 0.4) is 0 Å². The summed E-state index contributed by atoms with van der Waals surface area (Å²) in [6, 6.07) is 14.3. The highest BCUT2D eigenvalue weighted by Gasteiger charge is 2.08. The highest BCUT2D eigenvalue weighted by atomic mass is 16.5. The van der Waals surface area contributed by atoms with Gasteiger partial charge in [0.15, 0.2) is 0 Å². The Morgan fingerprint density at radius 3 is 2.72 bits per heavy atom. The second-order valence-electron chi connectivity index (χ2n) is 5.85. The van der Waals surface area contributed by atoms with Crippen LogP contribution < -0.4 is 24.8 Å². The van der Waals surface area contributed by atoms with E-state index in [-0.39, 0.29) is 19.2 Å². The first-order valence-corrected chi connectivity index (χ1v) is 8.90. The summed E-state index contributed by atoms with van der Waals surface area (Å²) in [5.41, 5.74) is 1.33. The van der Waals surface area contributed by atoms with Gasteiger partial charge in [0.2, 0.25) is 0 Å². The summed E-state index contributed by atoms with van der Waals surface area (Å²) in [5.74, 6) is 7.54. The molecule has 0 atom stereocenters. The first-order valence-electron chi connectivity index (χ1n) is 8.90. The minimum atomic E-state index is -0.387. The number of nitrogens with one attached hydrogen (secondary N) is 2. The Morgan fingerprint density at radius 2 is 1.90 bits per heavy atom. The number of hydrogen-bond acceptors (Lipinski definition) is 5. The van der Waals surface area contributed by atoms with Crippen LogP contribution in [0.25, 0.3) is 10.9 Å². The van der Waals surface area contributed by atoms with Gasteiger partial charge in [-0.2, -0.15) is 0 Å². The van der Waals surface area contributed by atoms with E-state index in [0.717, 1.165) is 10.9 Å². The minimum absolute atomic E-state index is 0.182. The highest BCUT2D eigenvalue weighted by Crippen LogP contribution is 2.28. The molecule has 1 aromatic heterocycles. The first-order chi connectivity index (χ1) is 14.2. The van der Waals surface area contributed by atoms with Crippen molar-refractivity contribution in [3.8, 4) is 29.1 Å². The third-order valence-electron chi connectivity index (χ3n) is 4.01. The highest BCUT2D eigenvalue weighted by molar-refractivity contribution is 5.91. The van der Waals surface area contributed by atoms with E-state index < -0.39 is 0 Å². The molecule has 7 heteroatoms. The Bertz CT molecular complexity index is 1050. The topological polar surface area (TPSA) is 81.7 Å². The standard InChI is InChI=1S/C22H21N3O4/c1-27-17-10-11-18(20(15-17)28-2)25-22(26)24-12-3-4-14-29-19-9-5-7-16-8-6-13-23-21(16)19/h5-11,13,15H,12,14H2,1-2H3,(H2,24,25,26). The molecule has 0 saturated heterocycles. The van der Waals surface area contributed by atoms with Gasteiger partial charge in [-0.1, -0.05) is 30.0 Å². The molecule has 0 unspecified atom stereocenters. The Balaban J connectivity index is 1.47. The number of amides is 2. The van der Waals surface area contributed by atoms with Crippen molar-refractivity contribution >= 4 is 22.6 Å². The lowest BCUT2D eigenvalue weighted by molar-refractivity contribution is 0.253. The molecule has 2 aromatic carbocycles. The normalized spacial score (nSPS) is 9.86. The molecule has 2 N–H and O–H groups in total. The molecule has 3 aromatic rings. The number of anilines is 1. The number of ether oxygens (including phenoxy) is 3. The number of fused-ring (bicyclic) bond motifs is 1. The van der Waals surface area contributed by atoms with E-state index in [1.165, 1.54) is 7.11 Å². The predicted octanol–water partition coefficient (Wildman–Crippen LogP) is 3.46. The van der Waals surface area contributed by atoms with Crippen LogP contribution in [0.5, 0.6) is 17.2 Å². The van der Waals surface area contributed by atoms with Crippen LogP contribution in [0.4, 0.5) is 10.5 Å². The Morgan fingerprint density at radius 1 is 1.03 bits per heavy atom. The van der Waals surface area contributed by atoms with E-state index in [0.29, 0.717) is 22.9 Å². The van der Waals surface area contributed by atoms with Crippen LogP contribution in [-0.2, 0) is 0 Å². The lowest BCUT2D eigenvalue weighted by Gasteiger charge is -2.11. The van der Waals surface area contributed by atoms with Crippen LogP contribution >= 0.6 is 0 Å². The Labute approximate surface area is 169 Å². The minimum Gasteiger partial charge on any atom is -0.497 e. The molecule has 0 spiro atoms. The van der Waals surface area contributed by atoms with E-state index in [4.69, 9.17) is 14.2 Å². The number of para-hydroxylation sites is 1. The van der Waals surface area contributed by atoms with Crippen molar-refractivity contribution in [3.63, 3.8) is 0 Å². The molecule has 0 radical (unpaired) electrons. The monoisotopic (exact) mass is 391 g/mol. The van der Waals surface area contributed by atoms with Crippen molar-refractivity contribution < 1.29 is 19.0 Å². The van der Waals surface area contributed by atoms with Crippen molar-refractivity contribution in [1.82, 2.24) is 10.3 Å². The number of pyridine rings is 1. The zero-order chi connectivity index (χ0) is 20.5. The second kappa shape index (κ2) is 9.85. The molecule has 0 fully saturated rings. The van der Waals surface area contributed by atoms with Gasteiger partial charge in [-0.05, 0) is 24.3 Å². The lowest BCUT2D eigenvalue weighted by Crippen LogP contribution is -2.29. The van der Waals surface area contributed by atoms with Gasteiger partial charge < -0.3 is 24.8 Å². The maximum Gasteiger partial charge on any atom is 0.320 e. The number of benzene rings is 2. The maximum absolute atomic E-state index is 12.0. The SMILES string of the molecule is COc1ccc(NC(=O)NCC#CCOc2cccc3cccnc23)c(OC)c1. The zero-order valence-electron chi connectivity index (χ0n) is 16.2. The van der Waals surface area contributed by atoms with Crippen molar-refractivity contribution in [2.75, 3.05) is 32.7 Å². The van der Waals surface area contributed by atoms with E-state index in [2.05, 4.69) is 27.5 Å². The molecule has 0 bridgehead atoms. The number of methoxy groups -OCH3 is 2. The van der Waals surface area contributed by atoms with Crippen LogP contribution in [0.15, 0.2) is 54.7 Å². The third-order valence-corrected chi connectivity index (χ3v) is 4.01. The maximum atomic E-state index is 12.0. The molecule has 0 saturated carbocycles. The molecule has 0 aliphatic rings. The van der Waals surface area contributed by atoms with Crippen LogP contribution in [0.2, 0.25) is 0 Å². The fourth-order valence-electron chi connectivity index (χ4n) is 2.61. The Kier molecular flexibility index (Phi) is 6.74. The number of carbonyl (C=O) groups excluding carboxylic acids is 1. The van der Waals surface area contributed by atoms with E-state index in [1.54, 1.807) is 31.5 Å². The fourth-order valence-corrected chi connectivity index (χ4v) is 2.61. The van der Waals surface area contributed by atoms with Gasteiger partial charge in [0.1, 0.15) is 29.4 Å². The van der Waals surface area contributed by atoms with Gasteiger partial charge in [-0.15, -0.1) is 0 Å². The molecule has 148 valence electrons. The average Bonchev–Trinajstić information content (AvgIpc) is 2.76. The van der Waals surface area contributed by atoms with Crippen LogP contribution in [0.1, 0.15) is 0 Å². The van der Waals surface area contributed by atoms with Gasteiger partial charge in [0, 0.05) is 17.6 Å². The summed E-state index contributed by atoms with van der Waals surface area (Å²) in [4.78, 5) is 16.3. The number of urea groups is 1. The zero-order valence-corrected chi connectivity index (χ0v) is 16.2. The molecule has 7 nitrogen and oxygen atoms in total. The molecular weight excluding hydrogens is 370 g/mol. The van der Waals surface area contributed by atoms with Gasteiger partial charge in [-0.3, -0.25) is 4.98 Å². The van der Waals surface area contributed by atoms with E-state index in [9.17, 15) is 4.79 Å². The largest absolute Gasteiger partial charge is 0.497 e. The average molecular weight is 391 g/mol. The summed E-state index contributed by atoms with van der Waals surface area (Å²) >= 11 is 0. The van der Waals surface area contributed by atoms with Crippen LogP contribution in [0, 0.1) is 11.8 Å².